The van der Waals surface area contributed by atoms with Crippen molar-refractivity contribution >= 4 is 23.4 Å². The number of Topliss-reactive ketones (excluding diaryl/α,β-unsaturated/α-hetero) is 1. The van der Waals surface area contributed by atoms with Crippen LogP contribution in [-0.2, 0) is 11.2 Å². The lowest BCUT2D eigenvalue weighted by Crippen LogP contribution is -2.22. The van der Waals surface area contributed by atoms with Crippen LogP contribution in [0.5, 0.6) is 5.75 Å². The summed E-state index contributed by atoms with van der Waals surface area (Å²) in [5.41, 5.74) is 1.34. The second kappa shape index (κ2) is 5.61. The molecule has 1 aromatic rings. The highest BCUT2D eigenvalue weighted by molar-refractivity contribution is 6.32. The molecule has 1 aliphatic rings. The van der Waals surface area contributed by atoms with E-state index in [0.717, 1.165) is 5.56 Å². The van der Waals surface area contributed by atoms with Gasteiger partial charge in [-0.3, -0.25) is 9.59 Å². The minimum atomic E-state index is -0.838. The summed E-state index contributed by atoms with van der Waals surface area (Å²) in [6, 6.07) is 3.41. The van der Waals surface area contributed by atoms with Crippen molar-refractivity contribution in [2.24, 2.45) is 5.92 Å². The molecule has 102 valence electrons. The minimum Gasteiger partial charge on any atom is -0.496 e. The van der Waals surface area contributed by atoms with Crippen molar-refractivity contribution in [1.82, 2.24) is 0 Å². The van der Waals surface area contributed by atoms with Gasteiger partial charge in [0.25, 0.3) is 0 Å². The molecule has 1 atom stereocenters. The third kappa shape index (κ3) is 2.89. The molecular weight excluding hydrogens is 268 g/mol. The highest BCUT2D eigenvalue weighted by atomic mass is 35.5. The smallest absolute Gasteiger partial charge is 0.303 e. The topological polar surface area (TPSA) is 63.6 Å². The average molecular weight is 283 g/mol. The number of carboxylic acids is 1. The van der Waals surface area contributed by atoms with E-state index in [1.54, 1.807) is 12.1 Å². The number of hydrogen-bond acceptors (Lipinski definition) is 3. The van der Waals surface area contributed by atoms with E-state index in [1.807, 2.05) is 0 Å². The van der Waals surface area contributed by atoms with Gasteiger partial charge in [0.1, 0.15) is 5.75 Å². The molecule has 2 rings (SSSR count). The second-order valence-electron chi connectivity index (χ2n) is 4.73. The second-order valence-corrected chi connectivity index (χ2v) is 5.14. The Bertz CT molecular complexity index is 524. The van der Waals surface area contributed by atoms with Gasteiger partial charge in [0, 0.05) is 17.9 Å². The maximum absolute atomic E-state index is 12.2. The summed E-state index contributed by atoms with van der Waals surface area (Å²) in [7, 11) is 1.52. The number of aliphatic carboxylic acids is 1. The predicted octanol–water partition coefficient (Wildman–Crippen LogP) is 2.96. The van der Waals surface area contributed by atoms with Crippen LogP contribution in [0.25, 0.3) is 0 Å². The zero-order chi connectivity index (χ0) is 14.0. The minimum absolute atomic E-state index is 0.0176. The van der Waals surface area contributed by atoms with Gasteiger partial charge in [0.15, 0.2) is 5.78 Å². The molecule has 0 aromatic heterocycles. The van der Waals surface area contributed by atoms with Crippen molar-refractivity contribution in [3.8, 4) is 5.75 Å². The molecule has 0 fully saturated rings. The Morgan fingerprint density at radius 3 is 2.84 bits per heavy atom. The highest BCUT2D eigenvalue weighted by Crippen LogP contribution is 2.37. The van der Waals surface area contributed by atoms with Gasteiger partial charge < -0.3 is 9.84 Å². The Labute approximate surface area is 116 Å². The van der Waals surface area contributed by atoms with Gasteiger partial charge in [-0.15, -0.1) is 0 Å². The maximum Gasteiger partial charge on any atom is 0.303 e. The summed E-state index contributed by atoms with van der Waals surface area (Å²) in [4.78, 5) is 22.8. The molecule has 0 amide bonds. The van der Waals surface area contributed by atoms with Gasteiger partial charge in [-0.2, -0.15) is 0 Å². The van der Waals surface area contributed by atoms with Crippen LogP contribution < -0.4 is 4.74 Å². The first kappa shape index (κ1) is 13.9. The van der Waals surface area contributed by atoms with Crippen molar-refractivity contribution in [2.75, 3.05) is 7.11 Å². The molecule has 1 N–H and O–H groups in total. The van der Waals surface area contributed by atoms with Crippen LogP contribution in [0.15, 0.2) is 12.1 Å². The summed E-state index contributed by atoms with van der Waals surface area (Å²) in [6.07, 6.45) is 1.56. The summed E-state index contributed by atoms with van der Waals surface area (Å²) < 4.78 is 5.20. The molecule has 0 spiro atoms. The number of ketones is 1. The molecule has 0 saturated carbocycles. The van der Waals surface area contributed by atoms with Crippen LogP contribution >= 0.6 is 11.6 Å². The number of ether oxygens (including phenoxy) is 1. The fourth-order valence-electron chi connectivity index (χ4n) is 2.53. The number of carbonyl (C=O) groups excluding carboxylic acids is 1. The van der Waals surface area contributed by atoms with E-state index in [2.05, 4.69) is 0 Å². The lowest BCUT2D eigenvalue weighted by molar-refractivity contribution is -0.137. The zero-order valence-electron chi connectivity index (χ0n) is 10.6. The summed E-state index contributed by atoms with van der Waals surface area (Å²) in [6.45, 7) is 0. The third-order valence-corrected chi connectivity index (χ3v) is 3.80. The lowest BCUT2D eigenvalue weighted by atomic mass is 9.80. The van der Waals surface area contributed by atoms with Crippen LogP contribution in [0.3, 0.4) is 0 Å². The molecule has 5 heteroatoms. The van der Waals surface area contributed by atoms with Gasteiger partial charge in [-0.1, -0.05) is 11.6 Å². The van der Waals surface area contributed by atoms with Crippen LogP contribution in [0.4, 0.5) is 0 Å². The molecule has 0 aliphatic heterocycles. The molecule has 0 bridgehead atoms. The van der Waals surface area contributed by atoms with Crippen LogP contribution in [0.1, 0.15) is 35.2 Å². The number of halogens is 1. The third-order valence-electron chi connectivity index (χ3n) is 3.45. The molecule has 1 unspecified atom stereocenters. The number of fused-ring (bicyclic) bond motifs is 1. The Hall–Kier alpha value is -1.55. The van der Waals surface area contributed by atoms with Crippen molar-refractivity contribution in [3.05, 3.63) is 28.3 Å². The molecule has 0 heterocycles. The van der Waals surface area contributed by atoms with E-state index >= 15 is 0 Å². The first-order chi connectivity index (χ1) is 9.02. The number of carbonyl (C=O) groups is 2. The number of carboxylic acid groups (broad SMARTS) is 1. The molecule has 0 saturated heterocycles. The quantitative estimate of drug-likeness (QED) is 0.922. The fraction of sp³-hybridized carbons (Fsp3) is 0.429. The number of hydrogen-bond donors (Lipinski definition) is 1. The Morgan fingerprint density at radius 2 is 2.21 bits per heavy atom. The monoisotopic (exact) mass is 282 g/mol. The normalized spacial score (nSPS) is 18.0. The van der Waals surface area contributed by atoms with E-state index in [9.17, 15) is 9.59 Å². The Balaban J connectivity index is 2.28. The Morgan fingerprint density at radius 1 is 1.47 bits per heavy atom. The highest BCUT2D eigenvalue weighted by Gasteiger charge is 2.29. The first-order valence-electron chi connectivity index (χ1n) is 6.13. The van der Waals surface area contributed by atoms with Crippen LogP contribution in [0, 0.1) is 5.92 Å². The van der Waals surface area contributed by atoms with Gasteiger partial charge in [-0.25, -0.2) is 0 Å². The molecule has 1 aromatic carbocycles. The van der Waals surface area contributed by atoms with E-state index < -0.39 is 5.97 Å². The fourth-order valence-corrected chi connectivity index (χ4v) is 2.77. The van der Waals surface area contributed by atoms with E-state index in [4.69, 9.17) is 21.4 Å². The number of rotatable bonds is 4. The molecule has 0 radical (unpaired) electrons. The van der Waals surface area contributed by atoms with E-state index in [-0.39, 0.29) is 18.1 Å². The zero-order valence-corrected chi connectivity index (χ0v) is 11.4. The first-order valence-corrected chi connectivity index (χ1v) is 6.51. The number of benzene rings is 1. The summed E-state index contributed by atoms with van der Waals surface area (Å²) >= 11 is 6.14. The van der Waals surface area contributed by atoms with Crippen molar-refractivity contribution in [2.45, 2.75) is 25.7 Å². The van der Waals surface area contributed by atoms with Gasteiger partial charge >= 0.3 is 5.97 Å². The largest absolute Gasteiger partial charge is 0.496 e. The van der Waals surface area contributed by atoms with Gasteiger partial charge in [-0.05, 0) is 36.5 Å². The van der Waals surface area contributed by atoms with E-state index in [1.165, 1.54) is 7.11 Å². The average Bonchev–Trinajstić information content (AvgIpc) is 2.37. The Kier molecular flexibility index (Phi) is 4.10. The predicted molar refractivity (Wildman–Crippen MR) is 71.0 cm³/mol. The van der Waals surface area contributed by atoms with Crippen molar-refractivity contribution in [1.29, 1.82) is 0 Å². The molecular formula is C14H15ClO4. The van der Waals surface area contributed by atoms with Gasteiger partial charge in [0.05, 0.1) is 12.7 Å². The standard InChI is InChI=1S/C14H15ClO4/c1-19-12-4-3-10(15)9-6-8(2-5-13(17)18)7-11(16)14(9)12/h3-4,8H,2,5-7H2,1H3,(H,17,18). The summed E-state index contributed by atoms with van der Waals surface area (Å²) in [5, 5.41) is 9.26. The lowest BCUT2D eigenvalue weighted by Gasteiger charge is -2.25. The van der Waals surface area contributed by atoms with Crippen LogP contribution in [0.2, 0.25) is 5.02 Å². The van der Waals surface area contributed by atoms with Crippen LogP contribution in [-0.4, -0.2) is 24.0 Å². The number of methoxy groups -OCH3 is 1. The van der Waals surface area contributed by atoms with E-state index in [0.29, 0.717) is 35.6 Å². The molecule has 1 aliphatic carbocycles. The van der Waals surface area contributed by atoms with Crippen molar-refractivity contribution < 1.29 is 19.4 Å². The van der Waals surface area contributed by atoms with Gasteiger partial charge in [0.2, 0.25) is 0 Å². The summed E-state index contributed by atoms with van der Waals surface area (Å²) in [5.74, 6) is -0.271. The molecule has 4 nitrogen and oxygen atoms in total. The van der Waals surface area contributed by atoms with Crippen molar-refractivity contribution in [3.63, 3.8) is 0 Å². The SMILES string of the molecule is COc1ccc(Cl)c2c1C(=O)CC(CCC(=O)O)C2. The molecule has 19 heavy (non-hydrogen) atoms. The maximum atomic E-state index is 12.2.